The Balaban J connectivity index is 1.70. The van der Waals surface area contributed by atoms with Gasteiger partial charge in [-0.1, -0.05) is 48.0 Å². The van der Waals surface area contributed by atoms with Crippen LogP contribution in [0.15, 0.2) is 65.8 Å². The number of hydrogen-bond donors (Lipinski definition) is 1. The molecule has 7 heteroatoms. The molecule has 5 nitrogen and oxygen atoms in total. The fourth-order valence-electron chi connectivity index (χ4n) is 2.93. The van der Waals surface area contributed by atoms with Gasteiger partial charge in [-0.2, -0.15) is 5.10 Å². The SMILES string of the molecule is CCOc1cc(/C=N\NCc2ccccc2OC)cc(I)c1OCc1ccccc1Cl. The first-order valence-corrected chi connectivity index (χ1v) is 11.3. The van der Waals surface area contributed by atoms with Crippen LogP contribution in [0.5, 0.6) is 17.2 Å². The molecule has 0 spiro atoms. The van der Waals surface area contributed by atoms with E-state index in [-0.39, 0.29) is 0 Å². The van der Waals surface area contributed by atoms with E-state index in [2.05, 4.69) is 33.1 Å². The van der Waals surface area contributed by atoms with Gasteiger partial charge in [0.2, 0.25) is 0 Å². The molecule has 31 heavy (non-hydrogen) atoms. The van der Waals surface area contributed by atoms with E-state index in [1.807, 2.05) is 67.6 Å². The highest BCUT2D eigenvalue weighted by Gasteiger charge is 2.13. The van der Waals surface area contributed by atoms with Gasteiger partial charge in [-0.3, -0.25) is 0 Å². The second-order valence-corrected chi connectivity index (χ2v) is 8.12. The quantitative estimate of drug-likeness (QED) is 0.190. The second-order valence-electron chi connectivity index (χ2n) is 6.55. The fourth-order valence-corrected chi connectivity index (χ4v) is 3.90. The molecule has 1 N–H and O–H groups in total. The van der Waals surface area contributed by atoms with Crippen molar-refractivity contribution in [2.45, 2.75) is 20.1 Å². The smallest absolute Gasteiger partial charge is 0.175 e. The molecule has 0 saturated carbocycles. The largest absolute Gasteiger partial charge is 0.496 e. The van der Waals surface area contributed by atoms with Crippen LogP contribution in [0.2, 0.25) is 5.02 Å². The van der Waals surface area contributed by atoms with Crippen molar-refractivity contribution in [3.63, 3.8) is 0 Å². The predicted molar refractivity (Wildman–Crippen MR) is 134 cm³/mol. The van der Waals surface area contributed by atoms with E-state index in [4.69, 9.17) is 25.8 Å². The van der Waals surface area contributed by atoms with Gasteiger partial charge in [0.05, 0.1) is 30.0 Å². The summed E-state index contributed by atoms with van der Waals surface area (Å²) in [7, 11) is 1.66. The summed E-state index contributed by atoms with van der Waals surface area (Å²) in [6.07, 6.45) is 1.76. The van der Waals surface area contributed by atoms with E-state index >= 15 is 0 Å². The molecule has 0 radical (unpaired) electrons. The summed E-state index contributed by atoms with van der Waals surface area (Å²) in [5.74, 6) is 2.20. The van der Waals surface area contributed by atoms with E-state index in [1.54, 1.807) is 13.3 Å². The molecule has 162 valence electrons. The van der Waals surface area contributed by atoms with Crippen LogP contribution in [-0.4, -0.2) is 19.9 Å². The third kappa shape index (κ3) is 6.51. The summed E-state index contributed by atoms with van der Waals surface area (Å²) in [6, 6.07) is 19.4. The van der Waals surface area contributed by atoms with Crippen molar-refractivity contribution in [3.05, 3.63) is 85.9 Å². The molecule has 0 aliphatic carbocycles. The molecule has 0 aliphatic heterocycles. The average molecular weight is 551 g/mol. The van der Waals surface area contributed by atoms with Crippen molar-refractivity contribution in [2.75, 3.05) is 13.7 Å². The van der Waals surface area contributed by atoms with Crippen LogP contribution in [0.4, 0.5) is 0 Å². The number of halogens is 2. The lowest BCUT2D eigenvalue weighted by Crippen LogP contribution is -2.07. The van der Waals surface area contributed by atoms with Gasteiger partial charge in [0, 0.05) is 16.1 Å². The summed E-state index contributed by atoms with van der Waals surface area (Å²) in [5, 5.41) is 5.02. The van der Waals surface area contributed by atoms with Crippen LogP contribution in [0.1, 0.15) is 23.6 Å². The van der Waals surface area contributed by atoms with Gasteiger partial charge in [0.25, 0.3) is 0 Å². The molecule has 3 rings (SSSR count). The number of benzene rings is 3. The minimum atomic E-state index is 0.365. The molecule has 0 saturated heterocycles. The van der Waals surface area contributed by atoms with E-state index in [0.717, 1.165) is 26.0 Å². The molecule has 0 unspecified atom stereocenters. The molecule has 3 aromatic carbocycles. The Kier molecular flexibility index (Phi) is 8.85. The van der Waals surface area contributed by atoms with E-state index in [0.29, 0.717) is 36.3 Å². The molecular weight excluding hydrogens is 527 g/mol. The Bertz CT molecular complexity index is 1040. The van der Waals surface area contributed by atoms with Gasteiger partial charge < -0.3 is 19.6 Å². The van der Waals surface area contributed by atoms with Crippen molar-refractivity contribution < 1.29 is 14.2 Å². The molecule has 0 aromatic heterocycles. The van der Waals surface area contributed by atoms with Gasteiger partial charge in [-0.15, -0.1) is 0 Å². The third-order valence-electron chi connectivity index (χ3n) is 4.43. The van der Waals surface area contributed by atoms with Crippen molar-refractivity contribution in [2.24, 2.45) is 5.10 Å². The normalized spacial score (nSPS) is 10.8. The average Bonchev–Trinajstić information content (AvgIpc) is 2.77. The number of rotatable bonds is 10. The zero-order valence-corrected chi connectivity index (χ0v) is 20.3. The molecule has 0 bridgehead atoms. The van der Waals surface area contributed by atoms with E-state index in [1.165, 1.54) is 0 Å². The van der Waals surface area contributed by atoms with Crippen LogP contribution in [-0.2, 0) is 13.2 Å². The second kappa shape index (κ2) is 11.8. The number of para-hydroxylation sites is 1. The first-order valence-electron chi connectivity index (χ1n) is 9.82. The van der Waals surface area contributed by atoms with E-state index in [9.17, 15) is 0 Å². The lowest BCUT2D eigenvalue weighted by molar-refractivity contribution is 0.267. The standard InChI is InChI=1S/C24H24ClIN2O3/c1-3-30-23-13-17(14-27-28-15-18-8-5-7-11-22(18)29-2)12-21(26)24(23)31-16-19-9-4-6-10-20(19)25/h4-14,28H,3,15-16H2,1-2H3/b27-14-. The molecule has 0 fully saturated rings. The monoisotopic (exact) mass is 550 g/mol. The van der Waals surface area contributed by atoms with Gasteiger partial charge in [-0.05, 0) is 59.3 Å². The van der Waals surface area contributed by atoms with Crippen LogP contribution < -0.4 is 19.6 Å². The number of nitrogens with zero attached hydrogens (tertiary/aromatic N) is 1. The van der Waals surface area contributed by atoms with Crippen molar-refractivity contribution in [3.8, 4) is 17.2 Å². The minimum Gasteiger partial charge on any atom is -0.496 e. The van der Waals surface area contributed by atoms with Crippen LogP contribution >= 0.6 is 34.2 Å². The molecular formula is C24H24ClIN2O3. The van der Waals surface area contributed by atoms with E-state index < -0.39 is 0 Å². The Labute approximate surface area is 201 Å². The highest BCUT2D eigenvalue weighted by atomic mass is 127. The lowest BCUT2D eigenvalue weighted by Gasteiger charge is -2.15. The topological polar surface area (TPSA) is 52.1 Å². The highest BCUT2D eigenvalue weighted by molar-refractivity contribution is 14.1. The molecule has 0 heterocycles. The summed E-state index contributed by atoms with van der Waals surface area (Å²) in [6.45, 7) is 3.41. The summed E-state index contributed by atoms with van der Waals surface area (Å²) in [5.41, 5.74) is 5.93. The number of nitrogens with one attached hydrogen (secondary N) is 1. The van der Waals surface area contributed by atoms with Crippen LogP contribution in [0, 0.1) is 3.57 Å². The minimum absolute atomic E-state index is 0.365. The summed E-state index contributed by atoms with van der Waals surface area (Å²) >= 11 is 8.49. The molecule has 0 atom stereocenters. The first-order chi connectivity index (χ1) is 15.1. The van der Waals surface area contributed by atoms with Crippen molar-refractivity contribution in [1.29, 1.82) is 0 Å². The van der Waals surface area contributed by atoms with Crippen LogP contribution in [0.3, 0.4) is 0 Å². The molecule has 3 aromatic rings. The number of methoxy groups -OCH3 is 1. The van der Waals surface area contributed by atoms with Gasteiger partial charge in [-0.25, -0.2) is 0 Å². The zero-order valence-electron chi connectivity index (χ0n) is 17.4. The molecule has 0 amide bonds. The summed E-state index contributed by atoms with van der Waals surface area (Å²) in [4.78, 5) is 0. The van der Waals surface area contributed by atoms with Gasteiger partial charge in [0.1, 0.15) is 12.4 Å². The maximum absolute atomic E-state index is 6.25. The number of hydrazone groups is 1. The Morgan fingerprint density at radius 2 is 1.74 bits per heavy atom. The molecule has 0 aliphatic rings. The first kappa shape index (κ1) is 23.2. The highest BCUT2D eigenvalue weighted by Crippen LogP contribution is 2.35. The van der Waals surface area contributed by atoms with Crippen molar-refractivity contribution in [1.82, 2.24) is 5.43 Å². The lowest BCUT2D eigenvalue weighted by atomic mass is 10.2. The Morgan fingerprint density at radius 3 is 2.48 bits per heavy atom. The van der Waals surface area contributed by atoms with Gasteiger partial charge in [0.15, 0.2) is 11.5 Å². The van der Waals surface area contributed by atoms with Gasteiger partial charge >= 0.3 is 0 Å². The zero-order chi connectivity index (χ0) is 22.1. The Hall–Kier alpha value is -2.45. The predicted octanol–water partition coefficient (Wildman–Crippen LogP) is 6.05. The number of hydrogen-bond acceptors (Lipinski definition) is 5. The maximum Gasteiger partial charge on any atom is 0.175 e. The Morgan fingerprint density at radius 1 is 1.00 bits per heavy atom. The number of ether oxygens (including phenoxy) is 3. The third-order valence-corrected chi connectivity index (χ3v) is 5.60. The fraction of sp³-hybridized carbons (Fsp3) is 0.208. The van der Waals surface area contributed by atoms with Crippen molar-refractivity contribution >= 4 is 40.4 Å². The summed E-state index contributed by atoms with van der Waals surface area (Å²) < 4.78 is 18.2. The van der Waals surface area contributed by atoms with Crippen LogP contribution in [0.25, 0.3) is 0 Å². The maximum atomic E-state index is 6.25.